The Hall–Kier alpha value is -0.680. The molecule has 0 aliphatic carbocycles. The lowest BCUT2D eigenvalue weighted by Gasteiger charge is -2.21. The van der Waals surface area contributed by atoms with Crippen molar-refractivity contribution in [1.29, 1.82) is 0 Å². The summed E-state index contributed by atoms with van der Waals surface area (Å²) in [6.45, 7) is 8.36. The van der Waals surface area contributed by atoms with Gasteiger partial charge in [-0.15, -0.1) is 0 Å². The maximum atomic E-state index is 4.55. The van der Waals surface area contributed by atoms with Crippen molar-refractivity contribution in [2.24, 2.45) is 7.05 Å². The zero-order valence-corrected chi connectivity index (χ0v) is 13.3. The Morgan fingerprint density at radius 3 is 2.67 bits per heavy atom. The fraction of sp³-hybridized carbons (Fsp3) is 0.769. The first-order chi connectivity index (χ1) is 8.47. The molecule has 0 spiro atoms. The van der Waals surface area contributed by atoms with Crippen LogP contribution in [0, 0.1) is 6.92 Å². The predicted molar refractivity (Wildman–Crippen MR) is 81.6 cm³/mol. The van der Waals surface area contributed by atoms with Gasteiger partial charge in [-0.2, -0.15) is 16.9 Å². The predicted octanol–water partition coefficient (Wildman–Crippen LogP) is 2.03. The molecule has 18 heavy (non-hydrogen) atoms. The van der Waals surface area contributed by atoms with Crippen LogP contribution in [0.5, 0.6) is 0 Å². The van der Waals surface area contributed by atoms with Crippen LogP contribution in [0.25, 0.3) is 0 Å². The highest BCUT2D eigenvalue weighted by Crippen LogP contribution is 2.22. The van der Waals surface area contributed by atoms with E-state index in [-0.39, 0.29) is 0 Å². The fourth-order valence-corrected chi connectivity index (χ4v) is 2.47. The van der Waals surface area contributed by atoms with Gasteiger partial charge >= 0.3 is 0 Å². The van der Waals surface area contributed by atoms with E-state index in [9.17, 15) is 0 Å². The van der Waals surface area contributed by atoms with Gasteiger partial charge in [0.2, 0.25) is 0 Å². The number of aryl methyl sites for hydroxylation is 2. The van der Waals surface area contributed by atoms with Crippen LogP contribution >= 0.6 is 11.8 Å². The Bertz CT molecular complexity index is 373. The molecular formula is C13H26N4S. The van der Waals surface area contributed by atoms with Gasteiger partial charge in [0.05, 0.1) is 5.69 Å². The molecule has 0 bridgehead atoms. The summed E-state index contributed by atoms with van der Waals surface area (Å²) >= 11 is 1.87. The summed E-state index contributed by atoms with van der Waals surface area (Å²) in [5.41, 5.74) is 2.44. The molecule has 1 rings (SSSR count). The van der Waals surface area contributed by atoms with E-state index < -0.39 is 0 Å². The van der Waals surface area contributed by atoms with Crippen molar-refractivity contribution >= 4 is 17.6 Å². The molecule has 0 radical (unpaired) electrons. The van der Waals surface area contributed by atoms with Gasteiger partial charge in [0, 0.05) is 44.5 Å². The van der Waals surface area contributed by atoms with Crippen molar-refractivity contribution in [3.63, 3.8) is 0 Å². The van der Waals surface area contributed by atoms with Crippen LogP contribution in [-0.4, -0.2) is 41.4 Å². The molecule has 1 heterocycles. The molecule has 1 N–H and O–H groups in total. The lowest BCUT2D eigenvalue weighted by Crippen LogP contribution is -2.27. The molecule has 0 aliphatic rings. The van der Waals surface area contributed by atoms with E-state index in [4.69, 9.17) is 0 Å². The third-order valence-electron chi connectivity index (χ3n) is 2.99. The topological polar surface area (TPSA) is 33.1 Å². The number of hydrogen-bond acceptors (Lipinski definition) is 4. The van der Waals surface area contributed by atoms with Crippen molar-refractivity contribution in [2.75, 3.05) is 30.5 Å². The summed E-state index contributed by atoms with van der Waals surface area (Å²) in [4.78, 5) is 2.30. The maximum absolute atomic E-state index is 4.55. The summed E-state index contributed by atoms with van der Waals surface area (Å²) in [5.74, 6) is 2.37. The highest BCUT2D eigenvalue weighted by molar-refractivity contribution is 7.98. The second-order valence-electron chi connectivity index (χ2n) is 4.96. The van der Waals surface area contributed by atoms with E-state index >= 15 is 0 Å². The molecule has 0 aliphatic heterocycles. The molecular weight excluding hydrogens is 244 g/mol. The van der Waals surface area contributed by atoms with Crippen LogP contribution in [-0.2, 0) is 13.6 Å². The lowest BCUT2D eigenvalue weighted by atomic mass is 10.2. The van der Waals surface area contributed by atoms with E-state index in [0.717, 1.165) is 24.5 Å². The smallest absolute Gasteiger partial charge is 0.131 e. The molecule has 0 aromatic carbocycles. The van der Waals surface area contributed by atoms with E-state index in [1.807, 2.05) is 23.5 Å². The van der Waals surface area contributed by atoms with Crippen molar-refractivity contribution in [2.45, 2.75) is 33.4 Å². The van der Waals surface area contributed by atoms with Crippen LogP contribution < -0.4 is 10.2 Å². The number of aromatic nitrogens is 2. The molecule has 0 saturated heterocycles. The minimum atomic E-state index is 0.494. The van der Waals surface area contributed by atoms with Crippen LogP contribution in [0.3, 0.4) is 0 Å². The average Bonchev–Trinajstić information content (AvgIpc) is 2.58. The van der Waals surface area contributed by atoms with Gasteiger partial charge in [-0.1, -0.05) is 13.8 Å². The normalized spacial score (nSPS) is 11.3. The maximum Gasteiger partial charge on any atom is 0.131 e. The molecule has 104 valence electrons. The van der Waals surface area contributed by atoms with Gasteiger partial charge in [0.25, 0.3) is 0 Å². The molecule has 0 fully saturated rings. The summed E-state index contributed by atoms with van der Waals surface area (Å²) in [6, 6.07) is 0.494. The minimum absolute atomic E-state index is 0.494. The number of hydrogen-bond donors (Lipinski definition) is 1. The fourth-order valence-electron chi connectivity index (χ4n) is 2.01. The second-order valence-corrected chi connectivity index (χ2v) is 5.95. The second kappa shape index (κ2) is 7.04. The molecule has 1 aromatic rings. The molecule has 0 unspecified atom stereocenters. The summed E-state index contributed by atoms with van der Waals surface area (Å²) in [6.07, 6.45) is 2.14. The van der Waals surface area contributed by atoms with Crippen molar-refractivity contribution in [3.05, 3.63) is 11.3 Å². The zero-order valence-electron chi connectivity index (χ0n) is 12.4. The van der Waals surface area contributed by atoms with E-state index in [0.29, 0.717) is 6.04 Å². The first-order valence-corrected chi connectivity index (χ1v) is 7.82. The van der Waals surface area contributed by atoms with Gasteiger partial charge in [-0.25, -0.2) is 0 Å². The number of nitrogens with one attached hydrogen (secondary N) is 1. The first kappa shape index (κ1) is 15.4. The minimum Gasteiger partial charge on any atom is -0.359 e. The monoisotopic (exact) mass is 270 g/mol. The molecule has 0 atom stereocenters. The first-order valence-electron chi connectivity index (χ1n) is 6.43. The summed E-state index contributed by atoms with van der Waals surface area (Å²) < 4.78 is 1.99. The lowest BCUT2D eigenvalue weighted by molar-refractivity contribution is 0.587. The van der Waals surface area contributed by atoms with Crippen LogP contribution in [0.1, 0.15) is 25.1 Å². The molecule has 0 saturated carbocycles. The molecule has 4 nitrogen and oxygen atoms in total. The highest BCUT2D eigenvalue weighted by Gasteiger charge is 2.16. The summed E-state index contributed by atoms with van der Waals surface area (Å²) in [5, 5.41) is 8.03. The van der Waals surface area contributed by atoms with Gasteiger partial charge in [0.1, 0.15) is 5.82 Å². The standard InChI is InChI=1S/C13H26N4S/c1-10(2)14-9-12-11(3)15-17(5)13(12)16(4)7-8-18-6/h10,14H,7-9H2,1-6H3. The molecule has 0 amide bonds. The van der Waals surface area contributed by atoms with Crippen molar-refractivity contribution in [3.8, 4) is 0 Å². The van der Waals surface area contributed by atoms with Crippen molar-refractivity contribution < 1.29 is 0 Å². The number of anilines is 1. The van der Waals surface area contributed by atoms with Gasteiger partial charge in [-0.05, 0) is 13.2 Å². The zero-order chi connectivity index (χ0) is 13.7. The number of rotatable bonds is 7. The summed E-state index contributed by atoms with van der Waals surface area (Å²) in [7, 11) is 4.17. The third kappa shape index (κ3) is 3.92. The van der Waals surface area contributed by atoms with E-state index in [1.165, 1.54) is 11.4 Å². The van der Waals surface area contributed by atoms with Crippen LogP contribution in [0.2, 0.25) is 0 Å². The number of nitrogens with zero attached hydrogens (tertiary/aromatic N) is 3. The van der Waals surface area contributed by atoms with Gasteiger partial charge in [0.15, 0.2) is 0 Å². The molecule has 1 aromatic heterocycles. The number of thioether (sulfide) groups is 1. The SMILES string of the molecule is CSCCN(C)c1c(CNC(C)C)c(C)nn1C. The largest absolute Gasteiger partial charge is 0.359 e. The van der Waals surface area contributed by atoms with Crippen LogP contribution in [0.4, 0.5) is 5.82 Å². The van der Waals surface area contributed by atoms with Gasteiger partial charge in [-0.3, -0.25) is 4.68 Å². The Labute approximate surface area is 115 Å². The Morgan fingerprint density at radius 1 is 1.44 bits per heavy atom. The third-order valence-corrected chi connectivity index (χ3v) is 3.58. The Morgan fingerprint density at radius 2 is 2.11 bits per heavy atom. The van der Waals surface area contributed by atoms with E-state index in [1.54, 1.807) is 0 Å². The van der Waals surface area contributed by atoms with Gasteiger partial charge < -0.3 is 10.2 Å². The Balaban J connectivity index is 2.87. The average molecular weight is 270 g/mol. The highest BCUT2D eigenvalue weighted by atomic mass is 32.2. The van der Waals surface area contributed by atoms with Crippen LogP contribution in [0.15, 0.2) is 0 Å². The Kier molecular flexibility index (Phi) is 6.02. The quantitative estimate of drug-likeness (QED) is 0.822. The van der Waals surface area contributed by atoms with E-state index in [2.05, 4.69) is 49.4 Å². The van der Waals surface area contributed by atoms with Crippen molar-refractivity contribution in [1.82, 2.24) is 15.1 Å². The molecule has 5 heteroatoms.